The summed E-state index contributed by atoms with van der Waals surface area (Å²) in [6, 6.07) is 6.57. The van der Waals surface area contributed by atoms with E-state index >= 15 is 0 Å². The molecule has 0 aliphatic heterocycles. The average molecular weight is 322 g/mol. The van der Waals surface area contributed by atoms with Gasteiger partial charge in [0.15, 0.2) is 0 Å². The molecule has 4 heteroatoms. The summed E-state index contributed by atoms with van der Waals surface area (Å²) >= 11 is 6.91. The van der Waals surface area contributed by atoms with E-state index in [0.717, 1.165) is 15.5 Å². The number of rotatable bonds is 4. The van der Waals surface area contributed by atoms with Gasteiger partial charge in [0, 0.05) is 28.1 Å². The van der Waals surface area contributed by atoms with Crippen molar-refractivity contribution in [2.45, 2.75) is 19.5 Å². The molecule has 0 saturated carbocycles. The Morgan fingerprint density at radius 2 is 1.86 bits per heavy atom. The van der Waals surface area contributed by atoms with E-state index < -0.39 is 0 Å². The molecule has 1 aromatic carbocycles. The number of hydrogen-bond acceptors (Lipinski definition) is 2. The molecule has 0 amide bonds. The highest BCUT2D eigenvalue weighted by molar-refractivity contribution is 9.11. The first-order valence-electron chi connectivity index (χ1n) is 4.50. The predicted molar refractivity (Wildman–Crippen MR) is 67.2 cm³/mol. The standard InChI is InChI=1S/C10H14Br2N2/c1-7(5-13)14-6-8-2-9(11)4-10(12)3-8/h2-4,7,14H,5-6,13H2,1H3. The Morgan fingerprint density at radius 3 is 2.36 bits per heavy atom. The Bertz CT molecular complexity index is 282. The van der Waals surface area contributed by atoms with E-state index in [1.165, 1.54) is 5.56 Å². The third-order valence-electron chi connectivity index (χ3n) is 1.93. The second kappa shape index (κ2) is 5.85. The molecule has 0 aliphatic carbocycles. The third-order valence-corrected chi connectivity index (χ3v) is 2.85. The summed E-state index contributed by atoms with van der Waals surface area (Å²) in [6.45, 7) is 3.58. The normalized spacial score (nSPS) is 12.9. The second-order valence-electron chi connectivity index (χ2n) is 3.30. The number of nitrogens with one attached hydrogen (secondary N) is 1. The lowest BCUT2D eigenvalue weighted by atomic mass is 10.2. The molecule has 1 aromatic rings. The Morgan fingerprint density at radius 1 is 1.29 bits per heavy atom. The maximum absolute atomic E-state index is 5.51. The molecule has 3 N–H and O–H groups in total. The fourth-order valence-corrected chi connectivity index (χ4v) is 2.48. The van der Waals surface area contributed by atoms with Crippen LogP contribution in [0.1, 0.15) is 12.5 Å². The van der Waals surface area contributed by atoms with Crippen molar-refractivity contribution in [1.29, 1.82) is 0 Å². The summed E-state index contributed by atoms with van der Waals surface area (Å²) in [6.07, 6.45) is 0. The Labute approximate surface area is 102 Å². The van der Waals surface area contributed by atoms with E-state index in [9.17, 15) is 0 Å². The molecule has 0 bridgehead atoms. The quantitative estimate of drug-likeness (QED) is 0.894. The molecule has 0 aromatic heterocycles. The van der Waals surface area contributed by atoms with E-state index in [1.54, 1.807) is 0 Å². The molecule has 1 unspecified atom stereocenters. The molecule has 0 fully saturated rings. The summed E-state index contributed by atoms with van der Waals surface area (Å²) in [5, 5.41) is 3.34. The third kappa shape index (κ3) is 4.09. The lowest BCUT2D eigenvalue weighted by Crippen LogP contribution is -2.32. The minimum Gasteiger partial charge on any atom is -0.329 e. The van der Waals surface area contributed by atoms with Gasteiger partial charge in [-0.1, -0.05) is 31.9 Å². The van der Waals surface area contributed by atoms with E-state index in [1.807, 2.05) is 6.07 Å². The van der Waals surface area contributed by atoms with Crippen LogP contribution >= 0.6 is 31.9 Å². The zero-order chi connectivity index (χ0) is 10.6. The highest BCUT2D eigenvalue weighted by Gasteiger charge is 2.00. The van der Waals surface area contributed by atoms with Gasteiger partial charge in [-0.15, -0.1) is 0 Å². The molecule has 14 heavy (non-hydrogen) atoms. The summed E-state index contributed by atoms with van der Waals surface area (Å²) < 4.78 is 2.17. The van der Waals surface area contributed by atoms with E-state index in [2.05, 4.69) is 56.2 Å². The van der Waals surface area contributed by atoms with Crippen LogP contribution in [0.25, 0.3) is 0 Å². The first-order valence-corrected chi connectivity index (χ1v) is 6.09. The van der Waals surface area contributed by atoms with Crippen molar-refractivity contribution in [3.63, 3.8) is 0 Å². The molecule has 2 nitrogen and oxygen atoms in total. The maximum atomic E-state index is 5.51. The Balaban J connectivity index is 2.58. The van der Waals surface area contributed by atoms with Crippen LogP contribution in [-0.2, 0) is 6.54 Å². The number of benzene rings is 1. The molecule has 78 valence electrons. The van der Waals surface area contributed by atoms with Crippen molar-refractivity contribution < 1.29 is 0 Å². The zero-order valence-corrected chi connectivity index (χ0v) is 11.2. The molecule has 0 radical (unpaired) electrons. The highest BCUT2D eigenvalue weighted by Crippen LogP contribution is 2.19. The smallest absolute Gasteiger partial charge is 0.0209 e. The number of nitrogens with two attached hydrogens (primary N) is 1. The molecule has 1 atom stereocenters. The minimum absolute atomic E-state index is 0.354. The van der Waals surface area contributed by atoms with Gasteiger partial charge in [-0.3, -0.25) is 0 Å². The molecule has 0 heterocycles. The van der Waals surface area contributed by atoms with Gasteiger partial charge in [-0.25, -0.2) is 0 Å². The minimum atomic E-state index is 0.354. The summed E-state index contributed by atoms with van der Waals surface area (Å²) in [5.74, 6) is 0. The van der Waals surface area contributed by atoms with Crippen LogP contribution in [-0.4, -0.2) is 12.6 Å². The lowest BCUT2D eigenvalue weighted by Gasteiger charge is -2.11. The zero-order valence-electron chi connectivity index (χ0n) is 8.06. The largest absolute Gasteiger partial charge is 0.329 e. The Kier molecular flexibility index (Phi) is 5.09. The second-order valence-corrected chi connectivity index (χ2v) is 5.13. The van der Waals surface area contributed by atoms with Gasteiger partial charge in [0.1, 0.15) is 0 Å². The van der Waals surface area contributed by atoms with Crippen LogP contribution in [0, 0.1) is 0 Å². The van der Waals surface area contributed by atoms with Gasteiger partial charge >= 0.3 is 0 Å². The first kappa shape index (κ1) is 12.2. The van der Waals surface area contributed by atoms with Crippen LogP contribution in [0.3, 0.4) is 0 Å². The van der Waals surface area contributed by atoms with Crippen LogP contribution in [0.15, 0.2) is 27.1 Å². The molecule has 0 aliphatic rings. The topological polar surface area (TPSA) is 38.0 Å². The van der Waals surface area contributed by atoms with Gasteiger partial charge in [0.2, 0.25) is 0 Å². The monoisotopic (exact) mass is 320 g/mol. The molecular weight excluding hydrogens is 308 g/mol. The summed E-state index contributed by atoms with van der Waals surface area (Å²) in [5.41, 5.74) is 6.76. The van der Waals surface area contributed by atoms with Crippen molar-refractivity contribution in [1.82, 2.24) is 5.32 Å². The van der Waals surface area contributed by atoms with Crippen molar-refractivity contribution in [2.75, 3.05) is 6.54 Å². The van der Waals surface area contributed by atoms with Gasteiger partial charge < -0.3 is 11.1 Å². The summed E-state index contributed by atoms with van der Waals surface area (Å²) in [7, 11) is 0. The summed E-state index contributed by atoms with van der Waals surface area (Å²) in [4.78, 5) is 0. The van der Waals surface area contributed by atoms with Crippen LogP contribution < -0.4 is 11.1 Å². The van der Waals surface area contributed by atoms with Crippen molar-refractivity contribution in [3.8, 4) is 0 Å². The fraction of sp³-hybridized carbons (Fsp3) is 0.400. The first-order chi connectivity index (χ1) is 6.61. The van der Waals surface area contributed by atoms with Crippen LogP contribution in [0.2, 0.25) is 0 Å². The van der Waals surface area contributed by atoms with E-state index in [-0.39, 0.29) is 0 Å². The van der Waals surface area contributed by atoms with Gasteiger partial charge in [-0.2, -0.15) is 0 Å². The SMILES string of the molecule is CC(CN)NCc1cc(Br)cc(Br)c1. The molecule has 0 spiro atoms. The van der Waals surface area contributed by atoms with Gasteiger partial charge in [0.25, 0.3) is 0 Å². The molecular formula is C10H14Br2N2. The number of hydrogen-bond donors (Lipinski definition) is 2. The Hall–Kier alpha value is 0.1000. The van der Waals surface area contributed by atoms with Crippen molar-refractivity contribution >= 4 is 31.9 Å². The fourth-order valence-electron chi connectivity index (χ4n) is 1.09. The number of halogens is 2. The van der Waals surface area contributed by atoms with Crippen LogP contribution in [0.5, 0.6) is 0 Å². The molecule has 1 rings (SSSR count). The van der Waals surface area contributed by atoms with Crippen molar-refractivity contribution in [3.05, 3.63) is 32.7 Å². The van der Waals surface area contributed by atoms with Crippen LogP contribution in [0.4, 0.5) is 0 Å². The van der Waals surface area contributed by atoms with E-state index in [0.29, 0.717) is 12.6 Å². The predicted octanol–water partition coefficient (Wildman–Crippen LogP) is 2.65. The molecule has 0 saturated heterocycles. The van der Waals surface area contributed by atoms with Crippen molar-refractivity contribution in [2.24, 2.45) is 5.73 Å². The maximum Gasteiger partial charge on any atom is 0.0209 e. The van der Waals surface area contributed by atoms with Gasteiger partial charge in [0.05, 0.1) is 0 Å². The lowest BCUT2D eigenvalue weighted by molar-refractivity contribution is 0.556. The highest BCUT2D eigenvalue weighted by atomic mass is 79.9. The average Bonchev–Trinajstić information content (AvgIpc) is 2.12. The van der Waals surface area contributed by atoms with E-state index in [4.69, 9.17) is 5.73 Å². The van der Waals surface area contributed by atoms with Gasteiger partial charge in [-0.05, 0) is 30.7 Å².